The maximum Gasteiger partial charge on any atom is 0.325 e. The van der Waals surface area contributed by atoms with Crippen molar-refractivity contribution in [2.24, 2.45) is 0 Å². The average Bonchev–Trinajstić information content (AvgIpc) is 3.18. The van der Waals surface area contributed by atoms with Gasteiger partial charge in [-0.3, -0.25) is 9.59 Å². The normalized spacial score (nSPS) is 11.7. The Balaban J connectivity index is 1.53. The summed E-state index contributed by atoms with van der Waals surface area (Å²) < 4.78 is 26.2. The number of fused-ring (bicyclic) bond motifs is 1. The van der Waals surface area contributed by atoms with Crippen molar-refractivity contribution in [2.45, 2.75) is 13.5 Å². The number of nitrogens with one attached hydrogen (secondary N) is 1. The SMILES string of the molecule is COc1cc(C)c(COC(=O)CNC(=O)c2ccc3c(c2)OCO3)cc1OC. The van der Waals surface area contributed by atoms with Crippen LogP contribution in [0.1, 0.15) is 21.5 Å². The Morgan fingerprint density at radius 1 is 1.04 bits per heavy atom. The lowest BCUT2D eigenvalue weighted by molar-refractivity contribution is -0.143. The molecule has 0 saturated carbocycles. The second-order valence-corrected chi connectivity index (χ2v) is 6.05. The average molecular weight is 387 g/mol. The zero-order chi connectivity index (χ0) is 20.1. The highest BCUT2D eigenvalue weighted by Crippen LogP contribution is 2.32. The highest BCUT2D eigenvalue weighted by molar-refractivity contribution is 5.96. The van der Waals surface area contributed by atoms with Crippen LogP contribution in [0.2, 0.25) is 0 Å². The van der Waals surface area contributed by atoms with Gasteiger partial charge >= 0.3 is 5.97 Å². The molecular weight excluding hydrogens is 366 g/mol. The Morgan fingerprint density at radius 2 is 1.75 bits per heavy atom. The lowest BCUT2D eigenvalue weighted by Gasteiger charge is -2.13. The number of carbonyl (C=O) groups excluding carboxylic acids is 2. The highest BCUT2D eigenvalue weighted by atomic mass is 16.7. The fourth-order valence-corrected chi connectivity index (χ4v) is 2.68. The summed E-state index contributed by atoms with van der Waals surface area (Å²) in [5, 5.41) is 2.53. The van der Waals surface area contributed by atoms with E-state index in [9.17, 15) is 9.59 Å². The van der Waals surface area contributed by atoms with Gasteiger partial charge in [0.25, 0.3) is 5.91 Å². The van der Waals surface area contributed by atoms with Gasteiger partial charge in [-0.25, -0.2) is 0 Å². The number of methoxy groups -OCH3 is 2. The number of amides is 1. The van der Waals surface area contributed by atoms with E-state index < -0.39 is 11.9 Å². The van der Waals surface area contributed by atoms with Crippen molar-refractivity contribution in [3.05, 3.63) is 47.0 Å². The van der Waals surface area contributed by atoms with Gasteiger partial charge in [0, 0.05) is 5.56 Å². The van der Waals surface area contributed by atoms with Crippen molar-refractivity contribution in [1.82, 2.24) is 5.32 Å². The maximum atomic E-state index is 12.2. The van der Waals surface area contributed by atoms with Gasteiger partial charge in [-0.2, -0.15) is 0 Å². The van der Waals surface area contributed by atoms with Crippen LogP contribution < -0.4 is 24.3 Å². The molecule has 3 rings (SSSR count). The molecule has 2 aromatic carbocycles. The molecule has 0 atom stereocenters. The van der Waals surface area contributed by atoms with Crippen molar-refractivity contribution >= 4 is 11.9 Å². The van der Waals surface area contributed by atoms with Gasteiger partial charge in [-0.15, -0.1) is 0 Å². The molecule has 2 aromatic rings. The van der Waals surface area contributed by atoms with Crippen LogP contribution in [0.3, 0.4) is 0 Å². The lowest BCUT2D eigenvalue weighted by Crippen LogP contribution is -2.30. The molecule has 1 aliphatic heterocycles. The van der Waals surface area contributed by atoms with Gasteiger partial charge in [0.1, 0.15) is 13.2 Å². The van der Waals surface area contributed by atoms with Crippen LogP contribution in [0.5, 0.6) is 23.0 Å². The molecule has 0 radical (unpaired) electrons. The van der Waals surface area contributed by atoms with Crippen molar-refractivity contribution in [3.63, 3.8) is 0 Å². The summed E-state index contributed by atoms with van der Waals surface area (Å²) in [5.41, 5.74) is 2.05. The van der Waals surface area contributed by atoms with Crippen LogP contribution in [0.4, 0.5) is 0 Å². The Hall–Kier alpha value is -3.42. The number of benzene rings is 2. The molecule has 0 aromatic heterocycles. The third-order valence-corrected chi connectivity index (χ3v) is 4.26. The molecule has 0 aliphatic carbocycles. The van der Waals surface area contributed by atoms with E-state index in [1.807, 2.05) is 13.0 Å². The first-order valence-corrected chi connectivity index (χ1v) is 8.56. The van der Waals surface area contributed by atoms with Crippen LogP contribution in [0, 0.1) is 6.92 Å². The van der Waals surface area contributed by atoms with Crippen LogP contribution in [0.25, 0.3) is 0 Å². The molecule has 0 spiro atoms. The molecule has 8 nitrogen and oxygen atoms in total. The highest BCUT2D eigenvalue weighted by Gasteiger charge is 2.17. The first-order chi connectivity index (χ1) is 13.5. The molecule has 1 heterocycles. The summed E-state index contributed by atoms with van der Waals surface area (Å²) >= 11 is 0. The number of ether oxygens (including phenoxy) is 5. The summed E-state index contributed by atoms with van der Waals surface area (Å²) in [5.74, 6) is 1.28. The van der Waals surface area contributed by atoms with E-state index in [1.165, 1.54) is 7.11 Å². The summed E-state index contributed by atoms with van der Waals surface area (Å²) in [4.78, 5) is 24.2. The first kappa shape index (κ1) is 19.3. The smallest absolute Gasteiger partial charge is 0.325 e. The third-order valence-electron chi connectivity index (χ3n) is 4.26. The minimum Gasteiger partial charge on any atom is -0.493 e. The topological polar surface area (TPSA) is 92.3 Å². The zero-order valence-corrected chi connectivity index (χ0v) is 15.9. The van der Waals surface area contributed by atoms with Gasteiger partial charge in [0.15, 0.2) is 23.0 Å². The number of hydrogen-bond donors (Lipinski definition) is 1. The Kier molecular flexibility index (Phi) is 5.88. The van der Waals surface area contributed by atoms with E-state index in [-0.39, 0.29) is 19.9 Å². The van der Waals surface area contributed by atoms with Crippen LogP contribution in [-0.4, -0.2) is 39.4 Å². The largest absolute Gasteiger partial charge is 0.493 e. The van der Waals surface area contributed by atoms with Crippen LogP contribution in [0.15, 0.2) is 30.3 Å². The Labute approximate surface area is 162 Å². The second kappa shape index (κ2) is 8.51. The number of aryl methyl sites for hydroxylation is 1. The minimum atomic E-state index is -0.553. The van der Waals surface area contributed by atoms with E-state index in [0.29, 0.717) is 28.6 Å². The first-order valence-electron chi connectivity index (χ1n) is 8.56. The van der Waals surface area contributed by atoms with E-state index in [1.54, 1.807) is 31.4 Å². The predicted octanol–water partition coefficient (Wildman–Crippen LogP) is 2.21. The number of carbonyl (C=O) groups is 2. The van der Waals surface area contributed by atoms with E-state index in [4.69, 9.17) is 23.7 Å². The standard InChI is InChI=1S/C20H21NO7/c1-12-6-16(24-2)17(25-3)8-14(12)10-26-19(22)9-21-20(23)13-4-5-15-18(7-13)28-11-27-15/h4-8H,9-11H2,1-3H3,(H,21,23). The summed E-state index contributed by atoms with van der Waals surface area (Å²) in [6, 6.07) is 8.38. The van der Waals surface area contributed by atoms with Gasteiger partial charge in [0.2, 0.25) is 6.79 Å². The molecule has 28 heavy (non-hydrogen) atoms. The second-order valence-electron chi connectivity index (χ2n) is 6.05. The predicted molar refractivity (Wildman–Crippen MR) is 99.0 cm³/mol. The van der Waals surface area contributed by atoms with Crippen LogP contribution in [-0.2, 0) is 16.1 Å². The number of rotatable bonds is 7. The van der Waals surface area contributed by atoms with Crippen molar-refractivity contribution < 1.29 is 33.3 Å². The van der Waals surface area contributed by atoms with Gasteiger partial charge in [-0.05, 0) is 48.4 Å². The Bertz CT molecular complexity index is 894. The van der Waals surface area contributed by atoms with Gasteiger partial charge in [-0.1, -0.05) is 0 Å². The minimum absolute atomic E-state index is 0.0604. The Morgan fingerprint density at radius 3 is 2.50 bits per heavy atom. The monoisotopic (exact) mass is 387 g/mol. The molecule has 1 amide bonds. The van der Waals surface area contributed by atoms with Gasteiger partial charge < -0.3 is 29.0 Å². The summed E-state index contributed by atoms with van der Waals surface area (Å²) in [7, 11) is 3.09. The third kappa shape index (κ3) is 4.28. The molecule has 1 N–H and O–H groups in total. The van der Waals surface area contributed by atoms with Crippen molar-refractivity contribution in [3.8, 4) is 23.0 Å². The molecule has 1 aliphatic rings. The number of hydrogen-bond acceptors (Lipinski definition) is 7. The van der Waals surface area contributed by atoms with Gasteiger partial charge in [0.05, 0.1) is 14.2 Å². The van der Waals surface area contributed by atoms with Crippen molar-refractivity contribution in [1.29, 1.82) is 0 Å². The van der Waals surface area contributed by atoms with Crippen LogP contribution >= 0.6 is 0 Å². The molecular formula is C20H21NO7. The quantitative estimate of drug-likeness (QED) is 0.728. The molecule has 0 saturated heterocycles. The fraction of sp³-hybridized carbons (Fsp3) is 0.300. The van der Waals surface area contributed by atoms with E-state index in [0.717, 1.165) is 11.1 Å². The molecule has 0 fully saturated rings. The number of esters is 1. The maximum absolute atomic E-state index is 12.2. The summed E-state index contributed by atoms with van der Waals surface area (Å²) in [6.45, 7) is 1.82. The zero-order valence-electron chi connectivity index (χ0n) is 15.9. The summed E-state index contributed by atoms with van der Waals surface area (Å²) in [6.07, 6.45) is 0. The lowest BCUT2D eigenvalue weighted by atomic mass is 10.1. The molecule has 148 valence electrons. The molecule has 0 bridgehead atoms. The fourth-order valence-electron chi connectivity index (χ4n) is 2.68. The van der Waals surface area contributed by atoms with E-state index in [2.05, 4.69) is 5.32 Å². The molecule has 0 unspecified atom stereocenters. The van der Waals surface area contributed by atoms with Crippen molar-refractivity contribution in [2.75, 3.05) is 27.6 Å². The molecule has 8 heteroatoms. The van der Waals surface area contributed by atoms with E-state index >= 15 is 0 Å².